The zero-order valence-corrected chi connectivity index (χ0v) is 9.54. The van der Waals surface area contributed by atoms with Crippen LogP contribution in [0.2, 0.25) is 0 Å². The van der Waals surface area contributed by atoms with Crippen LogP contribution in [0.5, 0.6) is 0 Å². The molecule has 1 unspecified atom stereocenters. The van der Waals surface area contributed by atoms with E-state index >= 15 is 0 Å². The van der Waals surface area contributed by atoms with Crippen molar-refractivity contribution in [3.63, 3.8) is 0 Å². The lowest BCUT2D eigenvalue weighted by molar-refractivity contribution is -0.125. The number of carbonyl (C=O) groups is 2. The topological polar surface area (TPSA) is 46.2 Å². The van der Waals surface area contributed by atoms with E-state index in [4.69, 9.17) is 0 Å². The van der Waals surface area contributed by atoms with E-state index in [0.29, 0.717) is 12.8 Å². The molecule has 1 saturated heterocycles. The first-order valence-corrected chi connectivity index (χ1v) is 5.46. The van der Waals surface area contributed by atoms with Gasteiger partial charge in [0.05, 0.1) is 5.92 Å². The summed E-state index contributed by atoms with van der Waals surface area (Å²) in [6.45, 7) is 4.11. The fraction of sp³-hybridized carbons (Fsp3) is 0.385. The summed E-state index contributed by atoms with van der Waals surface area (Å²) in [5.41, 5.74) is 3.60. The second-order valence-electron chi connectivity index (χ2n) is 4.38. The van der Waals surface area contributed by atoms with Crippen LogP contribution in [-0.4, -0.2) is 11.8 Å². The third-order valence-corrected chi connectivity index (χ3v) is 3.25. The van der Waals surface area contributed by atoms with Crippen molar-refractivity contribution in [2.24, 2.45) is 5.92 Å². The van der Waals surface area contributed by atoms with Crippen molar-refractivity contribution < 1.29 is 9.59 Å². The number of hydrogen-bond acceptors (Lipinski definition) is 2. The van der Waals surface area contributed by atoms with Gasteiger partial charge in [-0.15, -0.1) is 0 Å². The highest BCUT2D eigenvalue weighted by molar-refractivity contribution is 6.03. The minimum Gasteiger partial charge on any atom is -0.296 e. The Morgan fingerprint density at radius 2 is 2.06 bits per heavy atom. The largest absolute Gasteiger partial charge is 0.296 e. The fourth-order valence-corrected chi connectivity index (χ4v) is 2.07. The Kier molecular flexibility index (Phi) is 2.77. The third-order valence-electron chi connectivity index (χ3n) is 3.25. The molecule has 1 heterocycles. The standard InChI is InChI=1S/C13H15NO2/c1-8-4-3-5-10(9(8)2)6-11-7-12(15)14-13(11)16/h3-5,11H,6-7H2,1-2H3,(H,14,15,16). The number of imide groups is 1. The van der Waals surface area contributed by atoms with Gasteiger partial charge < -0.3 is 0 Å². The second-order valence-corrected chi connectivity index (χ2v) is 4.38. The molecule has 1 aliphatic rings. The van der Waals surface area contributed by atoms with Crippen LogP contribution in [0.1, 0.15) is 23.1 Å². The van der Waals surface area contributed by atoms with Gasteiger partial charge in [-0.1, -0.05) is 18.2 Å². The van der Waals surface area contributed by atoms with Crippen LogP contribution in [-0.2, 0) is 16.0 Å². The number of amides is 2. The number of rotatable bonds is 2. The van der Waals surface area contributed by atoms with Gasteiger partial charge >= 0.3 is 0 Å². The summed E-state index contributed by atoms with van der Waals surface area (Å²) in [5, 5.41) is 2.34. The maximum Gasteiger partial charge on any atom is 0.230 e. The van der Waals surface area contributed by atoms with Crippen LogP contribution in [0.25, 0.3) is 0 Å². The van der Waals surface area contributed by atoms with Crippen LogP contribution in [0.3, 0.4) is 0 Å². The molecule has 0 radical (unpaired) electrons. The molecule has 2 amide bonds. The van der Waals surface area contributed by atoms with Crippen LogP contribution in [0, 0.1) is 19.8 Å². The lowest BCUT2D eigenvalue weighted by Crippen LogP contribution is -2.23. The number of carbonyl (C=O) groups excluding carboxylic acids is 2. The van der Waals surface area contributed by atoms with Crippen molar-refractivity contribution in [3.05, 3.63) is 34.9 Å². The number of nitrogens with one attached hydrogen (secondary N) is 1. The SMILES string of the molecule is Cc1cccc(CC2CC(=O)NC2=O)c1C. The summed E-state index contributed by atoms with van der Waals surface area (Å²) < 4.78 is 0. The van der Waals surface area contributed by atoms with Gasteiger partial charge in [-0.3, -0.25) is 14.9 Å². The minimum absolute atomic E-state index is 0.133. The Hall–Kier alpha value is -1.64. The van der Waals surface area contributed by atoms with Crippen LogP contribution in [0.4, 0.5) is 0 Å². The molecular weight excluding hydrogens is 202 g/mol. The third kappa shape index (κ3) is 1.98. The molecule has 3 nitrogen and oxygen atoms in total. The Morgan fingerprint density at radius 1 is 1.31 bits per heavy atom. The van der Waals surface area contributed by atoms with Gasteiger partial charge in [0.2, 0.25) is 11.8 Å². The smallest absolute Gasteiger partial charge is 0.230 e. The first-order chi connectivity index (χ1) is 7.58. The van der Waals surface area contributed by atoms with Crippen LogP contribution < -0.4 is 5.32 Å². The maximum absolute atomic E-state index is 11.5. The van der Waals surface area contributed by atoms with Gasteiger partial charge in [0.25, 0.3) is 0 Å². The van der Waals surface area contributed by atoms with Gasteiger partial charge in [0, 0.05) is 6.42 Å². The van der Waals surface area contributed by atoms with Gasteiger partial charge in [0.1, 0.15) is 0 Å². The summed E-state index contributed by atoms with van der Waals surface area (Å²) in [7, 11) is 0. The highest BCUT2D eigenvalue weighted by atomic mass is 16.2. The highest BCUT2D eigenvalue weighted by Crippen LogP contribution is 2.21. The predicted octanol–water partition coefficient (Wildman–Crippen LogP) is 1.51. The van der Waals surface area contributed by atoms with Crippen molar-refractivity contribution >= 4 is 11.8 Å². The molecule has 0 bridgehead atoms. The molecule has 2 rings (SSSR count). The minimum atomic E-state index is -0.187. The van der Waals surface area contributed by atoms with Crippen molar-refractivity contribution in [1.29, 1.82) is 0 Å². The lowest BCUT2D eigenvalue weighted by Gasteiger charge is -2.10. The lowest BCUT2D eigenvalue weighted by atomic mass is 9.93. The monoisotopic (exact) mass is 217 g/mol. The molecule has 3 heteroatoms. The molecule has 0 aromatic heterocycles. The van der Waals surface area contributed by atoms with E-state index in [9.17, 15) is 9.59 Å². The Morgan fingerprint density at radius 3 is 2.69 bits per heavy atom. The van der Waals surface area contributed by atoms with E-state index in [2.05, 4.69) is 25.2 Å². The predicted molar refractivity (Wildman–Crippen MR) is 60.9 cm³/mol. The van der Waals surface area contributed by atoms with Crippen LogP contribution >= 0.6 is 0 Å². The van der Waals surface area contributed by atoms with E-state index in [1.165, 1.54) is 11.1 Å². The average molecular weight is 217 g/mol. The molecule has 1 fully saturated rings. The van der Waals surface area contributed by atoms with Crippen molar-refractivity contribution in [1.82, 2.24) is 5.32 Å². The van der Waals surface area contributed by atoms with Crippen molar-refractivity contribution in [2.75, 3.05) is 0 Å². The number of aryl methyl sites for hydroxylation is 1. The first-order valence-electron chi connectivity index (χ1n) is 5.46. The van der Waals surface area contributed by atoms with Gasteiger partial charge in [-0.25, -0.2) is 0 Å². The zero-order valence-electron chi connectivity index (χ0n) is 9.54. The maximum atomic E-state index is 11.5. The quantitative estimate of drug-likeness (QED) is 0.763. The Bertz CT molecular complexity index is 451. The van der Waals surface area contributed by atoms with E-state index in [1.807, 2.05) is 12.1 Å². The molecule has 0 saturated carbocycles. The Balaban J connectivity index is 2.18. The first kappa shape index (κ1) is 10.9. The molecule has 1 atom stereocenters. The van der Waals surface area contributed by atoms with Crippen molar-refractivity contribution in [3.8, 4) is 0 Å². The Labute approximate surface area is 94.9 Å². The van der Waals surface area contributed by atoms with Gasteiger partial charge in [-0.2, -0.15) is 0 Å². The summed E-state index contributed by atoms with van der Waals surface area (Å²) >= 11 is 0. The molecule has 1 aromatic rings. The summed E-state index contributed by atoms with van der Waals surface area (Å²) in [5.74, 6) is -0.473. The molecule has 1 aromatic carbocycles. The van der Waals surface area contributed by atoms with E-state index in [1.54, 1.807) is 0 Å². The van der Waals surface area contributed by atoms with E-state index in [-0.39, 0.29) is 17.7 Å². The normalized spacial score (nSPS) is 20.0. The summed E-state index contributed by atoms with van der Waals surface area (Å²) in [6.07, 6.45) is 0.983. The molecule has 84 valence electrons. The molecule has 1 aliphatic heterocycles. The molecule has 0 aliphatic carbocycles. The van der Waals surface area contributed by atoms with Crippen molar-refractivity contribution in [2.45, 2.75) is 26.7 Å². The number of benzene rings is 1. The average Bonchev–Trinajstić information content (AvgIpc) is 2.53. The molecule has 1 N–H and O–H groups in total. The van der Waals surface area contributed by atoms with E-state index < -0.39 is 0 Å². The molecule has 16 heavy (non-hydrogen) atoms. The second kappa shape index (κ2) is 4.08. The zero-order chi connectivity index (χ0) is 11.7. The summed E-state index contributed by atoms with van der Waals surface area (Å²) in [4.78, 5) is 22.5. The van der Waals surface area contributed by atoms with Crippen LogP contribution in [0.15, 0.2) is 18.2 Å². The molecular formula is C13H15NO2. The highest BCUT2D eigenvalue weighted by Gasteiger charge is 2.30. The fourth-order valence-electron chi connectivity index (χ4n) is 2.07. The van der Waals surface area contributed by atoms with Gasteiger partial charge in [0.15, 0.2) is 0 Å². The number of hydrogen-bond donors (Lipinski definition) is 1. The molecule has 0 spiro atoms. The van der Waals surface area contributed by atoms with E-state index in [0.717, 1.165) is 5.56 Å². The summed E-state index contributed by atoms with van der Waals surface area (Å²) in [6, 6.07) is 6.07. The van der Waals surface area contributed by atoms with Gasteiger partial charge in [-0.05, 0) is 37.0 Å².